The maximum absolute atomic E-state index is 4.36. The van der Waals surface area contributed by atoms with E-state index in [1.54, 1.807) is 0 Å². The van der Waals surface area contributed by atoms with E-state index in [1.165, 1.54) is 19.5 Å². The van der Waals surface area contributed by atoms with Crippen molar-refractivity contribution in [2.75, 3.05) is 32.0 Å². The second-order valence-corrected chi connectivity index (χ2v) is 5.05. The quantitative estimate of drug-likeness (QED) is 0.843. The molecule has 0 spiro atoms. The van der Waals surface area contributed by atoms with Crippen LogP contribution in [0.15, 0.2) is 12.4 Å². The third kappa shape index (κ3) is 2.55. The Morgan fingerprint density at radius 1 is 1.56 bits per heavy atom. The molecule has 1 aromatic rings. The molecule has 1 unspecified atom stereocenters. The number of imidazole rings is 1. The molecule has 1 fully saturated rings. The van der Waals surface area contributed by atoms with E-state index < -0.39 is 0 Å². The van der Waals surface area contributed by atoms with Crippen LogP contribution in [0.2, 0.25) is 0 Å². The molecule has 0 aromatic carbocycles. The van der Waals surface area contributed by atoms with Crippen LogP contribution in [0, 0.1) is 5.92 Å². The number of hydrogen-bond donors (Lipinski definition) is 1. The zero-order chi connectivity index (χ0) is 11.5. The maximum Gasteiger partial charge on any atom is 0.203 e. The molecule has 2 rings (SSSR count). The lowest BCUT2D eigenvalue weighted by Crippen LogP contribution is -2.20. The van der Waals surface area contributed by atoms with Gasteiger partial charge < -0.3 is 14.8 Å². The molecule has 1 aliphatic heterocycles. The van der Waals surface area contributed by atoms with Crippen molar-refractivity contribution in [2.24, 2.45) is 5.92 Å². The minimum Gasteiger partial charge on any atom is -0.355 e. The van der Waals surface area contributed by atoms with E-state index in [1.807, 2.05) is 12.4 Å². The minimum atomic E-state index is 0.469. The van der Waals surface area contributed by atoms with Gasteiger partial charge in [-0.05, 0) is 39.8 Å². The van der Waals surface area contributed by atoms with Crippen LogP contribution in [0.4, 0.5) is 5.95 Å². The highest BCUT2D eigenvalue weighted by Gasteiger charge is 2.19. The summed E-state index contributed by atoms with van der Waals surface area (Å²) in [5.41, 5.74) is 0. The van der Waals surface area contributed by atoms with Crippen LogP contribution in [0.3, 0.4) is 0 Å². The van der Waals surface area contributed by atoms with Crippen molar-refractivity contribution < 1.29 is 0 Å². The van der Waals surface area contributed by atoms with E-state index in [0.717, 1.165) is 18.4 Å². The zero-order valence-electron chi connectivity index (χ0n) is 10.5. The lowest BCUT2D eigenvalue weighted by atomic mass is 10.1. The van der Waals surface area contributed by atoms with Crippen molar-refractivity contribution in [3.63, 3.8) is 0 Å². The number of anilines is 1. The van der Waals surface area contributed by atoms with Crippen LogP contribution in [0.5, 0.6) is 0 Å². The van der Waals surface area contributed by atoms with Crippen molar-refractivity contribution in [1.82, 2.24) is 14.5 Å². The Kier molecular flexibility index (Phi) is 3.49. The Hall–Kier alpha value is -1.03. The van der Waals surface area contributed by atoms with E-state index in [-0.39, 0.29) is 0 Å². The van der Waals surface area contributed by atoms with Gasteiger partial charge >= 0.3 is 0 Å². The van der Waals surface area contributed by atoms with Gasteiger partial charge in [-0.3, -0.25) is 0 Å². The van der Waals surface area contributed by atoms with Crippen LogP contribution in [0.25, 0.3) is 0 Å². The van der Waals surface area contributed by atoms with Gasteiger partial charge in [0.05, 0.1) is 0 Å². The van der Waals surface area contributed by atoms with Gasteiger partial charge in [0.25, 0.3) is 0 Å². The van der Waals surface area contributed by atoms with Crippen molar-refractivity contribution in [1.29, 1.82) is 0 Å². The Morgan fingerprint density at radius 3 is 3.00 bits per heavy atom. The normalized spacial score (nSPS) is 21.9. The minimum absolute atomic E-state index is 0.469. The van der Waals surface area contributed by atoms with Crippen LogP contribution >= 0.6 is 0 Å². The molecule has 1 aromatic heterocycles. The molecule has 1 saturated heterocycles. The summed E-state index contributed by atoms with van der Waals surface area (Å²) in [5.74, 6) is 1.77. The first-order chi connectivity index (χ1) is 7.66. The van der Waals surface area contributed by atoms with E-state index >= 15 is 0 Å². The number of nitrogens with one attached hydrogen (secondary N) is 1. The summed E-state index contributed by atoms with van der Waals surface area (Å²) in [4.78, 5) is 6.75. The lowest BCUT2D eigenvalue weighted by molar-refractivity contribution is 0.398. The number of rotatable bonds is 4. The van der Waals surface area contributed by atoms with Gasteiger partial charge in [0.1, 0.15) is 0 Å². The molecule has 0 aliphatic carbocycles. The number of hydrogen-bond acceptors (Lipinski definition) is 3. The summed E-state index contributed by atoms with van der Waals surface area (Å²) in [6.45, 7) is 7.82. The van der Waals surface area contributed by atoms with Crippen molar-refractivity contribution in [3.8, 4) is 0 Å². The first-order valence-electron chi connectivity index (χ1n) is 6.12. The topological polar surface area (TPSA) is 33.1 Å². The molecule has 4 heteroatoms. The molecule has 0 saturated carbocycles. The molecular weight excluding hydrogens is 200 g/mol. The number of aromatic nitrogens is 2. The molecule has 90 valence electrons. The Morgan fingerprint density at radius 2 is 2.38 bits per heavy atom. The van der Waals surface area contributed by atoms with Crippen molar-refractivity contribution in [3.05, 3.63) is 12.4 Å². The Balaban J connectivity index is 1.87. The van der Waals surface area contributed by atoms with Crippen LogP contribution in [-0.4, -0.2) is 41.1 Å². The average Bonchev–Trinajstić information content (AvgIpc) is 2.83. The standard InChI is InChI=1S/C12H22N4/c1-10(2)16-7-5-13-12(16)14-8-11-4-6-15(3)9-11/h5,7,10-11H,4,6,8-9H2,1-3H3,(H,13,14). The van der Waals surface area contributed by atoms with Gasteiger partial charge in [-0.1, -0.05) is 0 Å². The molecule has 16 heavy (non-hydrogen) atoms. The van der Waals surface area contributed by atoms with E-state index in [4.69, 9.17) is 0 Å². The highest BCUT2D eigenvalue weighted by Crippen LogP contribution is 2.17. The third-order valence-corrected chi connectivity index (χ3v) is 3.26. The molecule has 4 nitrogen and oxygen atoms in total. The molecule has 0 bridgehead atoms. The van der Waals surface area contributed by atoms with Crippen LogP contribution < -0.4 is 5.32 Å². The smallest absolute Gasteiger partial charge is 0.203 e. The largest absolute Gasteiger partial charge is 0.355 e. The zero-order valence-corrected chi connectivity index (χ0v) is 10.5. The number of nitrogens with zero attached hydrogens (tertiary/aromatic N) is 3. The predicted molar refractivity (Wildman–Crippen MR) is 66.7 cm³/mol. The summed E-state index contributed by atoms with van der Waals surface area (Å²) < 4.78 is 2.18. The molecule has 0 radical (unpaired) electrons. The maximum atomic E-state index is 4.36. The van der Waals surface area contributed by atoms with Gasteiger partial charge in [-0.2, -0.15) is 0 Å². The van der Waals surface area contributed by atoms with Crippen molar-refractivity contribution in [2.45, 2.75) is 26.3 Å². The fourth-order valence-corrected chi connectivity index (χ4v) is 2.30. The van der Waals surface area contributed by atoms with E-state index in [2.05, 4.69) is 40.7 Å². The highest BCUT2D eigenvalue weighted by atomic mass is 15.2. The van der Waals surface area contributed by atoms with Crippen LogP contribution in [0.1, 0.15) is 26.3 Å². The lowest BCUT2D eigenvalue weighted by Gasteiger charge is -2.15. The van der Waals surface area contributed by atoms with Gasteiger partial charge in [-0.25, -0.2) is 4.98 Å². The summed E-state index contributed by atoms with van der Waals surface area (Å²) in [6, 6.07) is 0.469. The third-order valence-electron chi connectivity index (χ3n) is 3.26. The summed E-state index contributed by atoms with van der Waals surface area (Å²) in [6.07, 6.45) is 5.20. The molecule has 1 aliphatic rings. The van der Waals surface area contributed by atoms with Crippen molar-refractivity contribution >= 4 is 5.95 Å². The number of likely N-dealkylation sites (tertiary alicyclic amines) is 1. The van der Waals surface area contributed by atoms with Gasteiger partial charge in [0, 0.05) is 31.5 Å². The molecule has 1 N–H and O–H groups in total. The monoisotopic (exact) mass is 222 g/mol. The molecular formula is C12H22N4. The SMILES string of the molecule is CC(C)n1ccnc1NCC1CCN(C)C1. The Bertz CT molecular complexity index is 332. The molecule has 1 atom stereocenters. The van der Waals surface area contributed by atoms with Gasteiger partial charge in [-0.15, -0.1) is 0 Å². The second kappa shape index (κ2) is 4.87. The summed E-state index contributed by atoms with van der Waals surface area (Å²) in [7, 11) is 2.19. The van der Waals surface area contributed by atoms with Crippen LogP contribution in [-0.2, 0) is 0 Å². The first kappa shape index (κ1) is 11.5. The summed E-state index contributed by atoms with van der Waals surface area (Å²) in [5, 5.41) is 3.46. The highest BCUT2D eigenvalue weighted by molar-refractivity contribution is 5.26. The van der Waals surface area contributed by atoms with E-state index in [9.17, 15) is 0 Å². The van der Waals surface area contributed by atoms with E-state index in [0.29, 0.717) is 6.04 Å². The first-order valence-corrected chi connectivity index (χ1v) is 6.12. The average molecular weight is 222 g/mol. The molecule has 2 heterocycles. The fourth-order valence-electron chi connectivity index (χ4n) is 2.30. The Labute approximate surface area is 97.7 Å². The molecule has 0 amide bonds. The second-order valence-electron chi connectivity index (χ2n) is 5.05. The fraction of sp³-hybridized carbons (Fsp3) is 0.750. The van der Waals surface area contributed by atoms with Gasteiger partial charge in [0.15, 0.2) is 0 Å². The van der Waals surface area contributed by atoms with Gasteiger partial charge in [0.2, 0.25) is 5.95 Å². The predicted octanol–water partition coefficient (Wildman–Crippen LogP) is 1.83. The summed E-state index contributed by atoms with van der Waals surface area (Å²) >= 11 is 0.